The Kier molecular flexibility index (Phi) is 5.24. The molecule has 1 aromatic rings. The molecule has 118 valence electrons. The van der Waals surface area contributed by atoms with Gasteiger partial charge in [0.15, 0.2) is 0 Å². The lowest BCUT2D eigenvalue weighted by Gasteiger charge is -2.31. The molecule has 1 atom stereocenters. The Labute approximate surface area is 127 Å². The highest BCUT2D eigenvalue weighted by Crippen LogP contribution is 2.31. The summed E-state index contributed by atoms with van der Waals surface area (Å²) >= 11 is 0. The van der Waals surface area contributed by atoms with Gasteiger partial charge in [0.2, 0.25) is 10.0 Å². The third-order valence-corrected chi connectivity index (χ3v) is 5.46. The van der Waals surface area contributed by atoms with E-state index in [0.29, 0.717) is 13.2 Å². The highest BCUT2D eigenvalue weighted by Gasteiger charge is 2.27. The predicted octanol–water partition coefficient (Wildman–Crippen LogP) is 1.83. The second-order valence-corrected chi connectivity index (χ2v) is 7.38. The molecular formula is C15H24N2O3S. The highest BCUT2D eigenvalue weighted by atomic mass is 32.2. The Balaban J connectivity index is 2.25. The summed E-state index contributed by atoms with van der Waals surface area (Å²) in [6.07, 6.45) is 1.73. The number of fused-ring (bicyclic) bond motifs is 1. The second-order valence-electron chi connectivity index (χ2n) is 5.37. The number of aryl methyl sites for hydroxylation is 1. The van der Waals surface area contributed by atoms with Crippen molar-refractivity contribution in [3.63, 3.8) is 0 Å². The number of benzene rings is 1. The van der Waals surface area contributed by atoms with Crippen molar-refractivity contribution in [3.8, 4) is 0 Å². The third-order valence-electron chi connectivity index (χ3n) is 3.73. The van der Waals surface area contributed by atoms with E-state index in [1.54, 1.807) is 0 Å². The predicted molar refractivity (Wildman–Crippen MR) is 85.0 cm³/mol. The first-order valence-corrected chi connectivity index (χ1v) is 9.03. The van der Waals surface area contributed by atoms with Gasteiger partial charge in [-0.2, -0.15) is 0 Å². The topological polar surface area (TPSA) is 72.6 Å². The fourth-order valence-electron chi connectivity index (χ4n) is 2.57. The number of nitrogens with two attached hydrogens (primary N) is 1. The average molecular weight is 312 g/mol. The minimum absolute atomic E-state index is 0.0231. The molecule has 1 aromatic carbocycles. The number of nitrogens with zero attached hydrogens (tertiary/aromatic N) is 1. The van der Waals surface area contributed by atoms with Gasteiger partial charge in [-0.1, -0.05) is 12.1 Å². The van der Waals surface area contributed by atoms with E-state index < -0.39 is 10.0 Å². The van der Waals surface area contributed by atoms with Crippen LogP contribution in [0.3, 0.4) is 0 Å². The Hall–Kier alpha value is -1.11. The first kappa shape index (κ1) is 16.3. The van der Waals surface area contributed by atoms with E-state index in [0.717, 1.165) is 29.7 Å². The van der Waals surface area contributed by atoms with Crippen LogP contribution < -0.4 is 10.0 Å². The zero-order valence-electron chi connectivity index (χ0n) is 12.7. The van der Waals surface area contributed by atoms with Gasteiger partial charge in [0.05, 0.1) is 18.0 Å². The molecule has 0 amide bonds. The molecule has 0 bridgehead atoms. The number of hydrogen-bond donors (Lipinski definition) is 1. The smallest absolute Gasteiger partial charge is 0.237 e. The van der Waals surface area contributed by atoms with Crippen molar-refractivity contribution in [2.75, 3.05) is 29.8 Å². The molecule has 21 heavy (non-hydrogen) atoms. The van der Waals surface area contributed by atoms with Crippen LogP contribution in [0.2, 0.25) is 0 Å². The van der Waals surface area contributed by atoms with Gasteiger partial charge < -0.3 is 10.5 Å². The second kappa shape index (κ2) is 6.77. The highest BCUT2D eigenvalue weighted by molar-refractivity contribution is 7.92. The van der Waals surface area contributed by atoms with Gasteiger partial charge in [0.1, 0.15) is 0 Å². The maximum atomic E-state index is 12.5. The fraction of sp³-hybridized carbons (Fsp3) is 0.600. The summed E-state index contributed by atoms with van der Waals surface area (Å²) in [4.78, 5) is 0. The van der Waals surface area contributed by atoms with Gasteiger partial charge in [0.25, 0.3) is 0 Å². The molecule has 1 aliphatic heterocycles. The Morgan fingerprint density at radius 3 is 2.86 bits per heavy atom. The van der Waals surface area contributed by atoms with Gasteiger partial charge in [-0.25, -0.2) is 8.42 Å². The zero-order chi connectivity index (χ0) is 15.5. The maximum absolute atomic E-state index is 12.5. The van der Waals surface area contributed by atoms with E-state index in [1.165, 1.54) is 4.31 Å². The van der Waals surface area contributed by atoms with E-state index >= 15 is 0 Å². The Morgan fingerprint density at radius 1 is 1.43 bits per heavy atom. The SMILES string of the molecule is CCOCCS(=O)(=O)N1CCCc2cc(C(C)N)ccc21. The molecule has 1 unspecified atom stereocenters. The van der Waals surface area contributed by atoms with Crippen LogP contribution in [0.15, 0.2) is 18.2 Å². The van der Waals surface area contributed by atoms with Crippen LogP contribution in [-0.2, 0) is 21.2 Å². The number of ether oxygens (including phenoxy) is 1. The first-order chi connectivity index (χ1) is 9.95. The summed E-state index contributed by atoms with van der Waals surface area (Å²) in [6.45, 7) is 5.10. The van der Waals surface area contributed by atoms with Crippen LogP contribution >= 0.6 is 0 Å². The van der Waals surface area contributed by atoms with Gasteiger partial charge in [-0.15, -0.1) is 0 Å². The summed E-state index contributed by atoms with van der Waals surface area (Å²) in [5.74, 6) is 0.0231. The molecule has 1 aliphatic rings. The molecule has 2 N–H and O–H groups in total. The van der Waals surface area contributed by atoms with Crippen LogP contribution in [0.1, 0.15) is 37.4 Å². The Bertz CT molecular complexity index is 585. The molecule has 0 fully saturated rings. The molecule has 0 aliphatic carbocycles. The lowest BCUT2D eigenvalue weighted by Crippen LogP contribution is -2.38. The quantitative estimate of drug-likeness (QED) is 0.813. The van der Waals surface area contributed by atoms with E-state index in [1.807, 2.05) is 32.0 Å². The van der Waals surface area contributed by atoms with Crippen LogP contribution in [0, 0.1) is 0 Å². The maximum Gasteiger partial charge on any atom is 0.237 e. The minimum Gasteiger partial charge on any atom is -0.381 e. The fourth-order valence-corrected chi connectivity index (χ4v) is 4.01. The van der Waals surface area contributed by atoms with Crippen molar-refractivity contribution in [1.29, 1.82) is 0 Å². The molecule has 1 heterocycles. The van der Waals surface area contributed by atoms with Gasteiger partial charge >= 0.3 is 0 Å². The van der Waals surface area contributed by atoms with Crippen molar-refractivity contribution in [2.24, 2.45) is 5.73 Å². The molecule has 0 spiro atoms. The number of rotatable bonds is 6. The minimum atomic E-state index is -3.32. The molecule has 0 aromatic heterocycles. The van der Waals surface area contributed by atoms with Crippen LogP contribution in [-0.4, -0.2) is 33.9 Å². The number of hydrogen-bond acceptors (Lipinski definition) is 4. The van der Waals surface area contributed by atoms with E-state index in [2.05, 4.69) is 0 Å². The van der Waals surface area contributed by atoms with Crippen LogP contribution in [0.5, 0.6) is 0 Å². The van der Waals surface area contributed by atoms with Crippen molar-refractivity contribution < 1.29 is 13.2 Å². The molecule has 5 nitrogen and oxygen atoms in total. The molecule has 2 rings (SSSR count). The largest absolute Gasteiger partial charge is 0.381 e. The summed E-state index contributed by atoms with van der Waals surface area (Å²) in [6, 6.07) is 5.79. The van der Waals surface area contributed by atoms with Crippen molar-refractivity contribution in [3.05, 3.63) is 29.3 Å². The molecule has 0 radical (unpaired) electrons. The van der Waals surface area contributed by atoms with Crippen LogP contribution in [0.25, 0.3) is 0 Å². The molecule has 6 heteroatoms. The Morgan fingerprint density at radius 2 is 2.19 bits per heavy atom. The van der Waals surface area contributed by atoms with Crippen LogP contribution in [0.4, 0.5) is 5.69 Å². The zero-order valence-corrected chi connectivity index (χ0v) is 13.5. The molecular weight excluding hydrogens is 288 g/mol. The monoisotopic (exact) mass is 312 g/mol. The molecule has 0 saturated carbocycles. The molecule has 0 saturated heterocycles. The first-order valence-electron chi connectivity index (χ1n) is 7.42. The summed E-state index contributed by atoms with van der Waals surface area (Å²) in [5.41, 5.74) is 8.80. The van der Waals surface area contributed by atoms with Gasteiger partial charge in [-0.3, -0.25) is 4.31 Å². The summed E-state index contributed by atoms with van der Waals surface area (Å²) in [7, 11) is -3.32. The van der Waals surface area contributed by atoms with Gasteiger partial charge in [-0.05, 0) is 43.9 Å². The average Bonchev–Trinajstić information content (AvgIpc) is 2.46. The number of anilines is 1. The van der Waals surface area contributed by atoms with E-state index in [9.17, 15) is 8.42 Å². The lowest BCUT2D eigenvalue weighted by molar-refractivity contribution is 0.163. The van der Waals surface area contributed by atoms with Crippen molar-refractivity contribution in [2.45, 2.75) is 32.7 Å². The van der Waals surface area contributed by atoms with Crippen molar-refractivity contribution >= 4 is 15.7 Å². The summed E-state index contributed by atoms with van der Waals surface area (Å²) in [5, 5.41) is 0. The lowest BCUT2D eigenvalue weighted by atomic mass is 9.98. The van der Waals surface area contributed by atoms with Gasteiger partial charge in [0, 0.05) is 19.2 Å². The van der Waals surface area contributed by atoms with E-state index in [4.69, 9.17) is 10.5 Å². The van der Waals surface area contributed by atoms with Crippen molar-refractivity contribution in [1.82, 2.24) is 0 Å². The van der Waals surface area contributed by atoms with E-state index in [-0.39, 0.29) is 18.4 Å². The summed E-state index contributed by atoms with van der Waals surface area (Å²) < 4.78 is 31.6. The third kappa shape index (κ3) is 3.75. The number of sulfonamides is 1. The standard InChI is InChI=1S/C15H24N2O3S/c1-3-20-9-10-21(18,19)17-8-4-5-14-11-13(12(2)16)6-7-15(14)17/h6-7,11-12H,3-5,8-10,16H2,1-2H3. The normalized spacial score (nSPS) is 16.6.